The highest BCUT2D eigenvalue weighted by molar-refractivity contribution is 5.83. The van der Waals surface area contributed by atoms with Gasteiger partial charge in [-0.05, 0) is 29.3 Å². The van der Waals surface area contributed by atoms with Gasteiger partial charge in [0.25, 0.3) is 0 Å². The molecule has 7 heteroatoms. The number of fused-ring (bicyclic) bond motifs is 2. The molecule has 0 bridgehead atoms. The lowest BCUT2D eigenvalue weighted by Crippen LogP contribution is -2.52. The molecule has 2 aromatic carbocycles. The largest absolute Gasteiger partial charge is 0.454 e. The Morgan fingerprint density at radius 1 is 1.03 bits per heavy atom. The molecule has 0 radical (unpaired) electrons. The second-order valence-electron chi connectivity index (χ2n) is 7.84. The zero-order valence-corrected chi connectivity index (χ0v) is 17.8. The Bertz CT molecular complexity index is 1090. The molecule has 3 heterocycles. The van der Waals surface area contributed by atoms with Gasteiger partial charge in [0.15, 0.2) is 17.5 Å². The fraction of sp³-hybridized carbons (Fsp3) is 0.333. The van der Waals surface area contributed by atoms with Gasteiger partial charge >= 0.3 is 0 Å². The van der Waals surface area contributed by atoms with E-state index in [1.54, 1.807) is 0 Å². The van der Waals surface area contributed by atoms with Crippen molar-refractivity contribution in [3.05, 3.63) is 65.9 Å². The Labute approximate surface area is 182 Å². The molecule has 2 aliphatic rings. The number of aliphatic imine (C=N–C) groups is 1. The maximum atomic E-state index is 5.50. The normalized spacial score (nSPS) is 16.7. The van der Waals surface area contributed by atoms with Crippen LogP contribution in [0.4, 0.5) is 0 Å². The fourth-order valence-electron chi connectivity index (χ4n) is 4.23. The van der Waals surface area contributed by atoms with Crippen LogP contribution in [0.2, 0.25) is 0 Å². The molecule has 1 fully saturated rings. The number of nitrogens with zero attached hydrogens (tertiary/aromatic N) is 4. The maximum absolute atomic E-state index is 5.50. The molecule has 3 aromatic rings. The number of ether oxygens (including phenoxy) is 2. The molecule has 0 unspecified atom stereocenters. The van der Waals surface area contributed by atoms with E-state index in [1.807, 2.05) is 25.4 Å². The van der Waals surface area contributed by atoms with E-state index >= 15 is 0 Å². The van der Waals surface area contributed by atoms with Crippen molar-refractivity contribution in [2.75, 3.05) is 40.0 Å². The van der Waals surface area contributed by atoms with Crippen LogP contribution in [0.25, 0.3) is 10.9 Å². The number of para-hydroxylation sites is 1. The lowest BCUT2D eigenvalue weighted by molar-refractivity contribution is 0.171. The van der Waals surface area contributed by atoms with Crippen LogP contribution < -0.4 is 14.8 Å². The molecular weight excluding hydrogens is 390 g/mol. The van der Waals surface area contributed by atoms with Crippen LogP contribution >= 0.6 is 0 Å². The van der Waals surface area contributed by atoms with Gasteiger partial charge in [0, 0.05) is 57.9 Å². The van der Waals surface area contributed by atoms with Crippen molar-refractivity contribution < 1.29 is 9.47 Å². The van der Waals surface area contributed by atoms with Crippen LogP contribution in [-0.4, -0.2) is 60.8 Å². The van der Waals surface area contributed by atoms with E-state index in [9.17, 15) is 0 Å². The minimum absolute atomic E-state index is 0.318. The van der Waals surface area contributed by atoms with E-state index in [-0.39, 0.29) is 0 Å². The van der Waals surface area contributed by atoms with Crippen molar-refractivity contribution in [2.45, 2.75) is 13.1 Å². The van der Waals surface area contributed by atoms with Crippen LogP contribution in [-0.2, 0) is 13.1 Å². The summed E-state index contributed by atoms with van der Waals surface area (Å²) in [6.45, 7) is 5.81. The Morgan fingerprint density at radius 3 is 2.74 bits per heavy atom. The fourth-order valence-corrected chi connectivity index (χ4v) is 4.23. The molecule has 7 nitrogen and oxygen atoms in total. The van der Waals surface area contributed by atoms with E-state index in [4.69, 9.17) is 9.47 Å². The minimum atomic E-state index is 0.318. The van der Waals surface area contributed by atoms with Crippen LogP contribution in [0, 0.1) is 0 Å². The predicted molar refractivity (Wildman–Crippen MR) is 121 cm³/mol. The summed E-state index contributed by atoms with van der Waals surface area (Å²) in [6, 6.07) is 16.6. The maximum Gasteiger partial charge on any atom is 0.231 e. The Balaban J connectivity index is 1.16. The number of nitrogens with one attached hydrogen (secondary N) is 1. The summed E-state index contributed by atoms with van der Waals surface area (Å²) in [5.41, 5.74) is 3.48. The lowest BCUT2D eigenvalue weighted by Gasteiger charge is -2.36. The van der Waals surface area contributed by atoms with Gasteiger partial charge in [-0.25, -0.2) is 0 Å². The molecule has 0 spiro atoms. The number of hydrogen-bond acceptors (Lipinski definition) is 5. The first-order valence-corrected chi connectivity index (χ1v) is 10.7. The summed E-state index contributed by atoms with van der Waals surface area (Å²) in [5, 5.41) is 4.69. The monoisotopic (exact) mass is 417 g/mol. The predicted octanol–water partition coefficient (Wildman–Crippen LogP) is 2.86. The molecule has 2 aliphatic heterocycles. The van der Waals surface area contributed by atoms with E-state index in [2.05, 4.69) is 61.5 Å². The molecular formula is C24H27N5O2. The molecule has 1 aromatic heterocycles. The zero-order valence-electron chi connectivity index (χ0n) is 17.8. The van der Waals surface area contributed by atoms with E-state index < -0.39 is 0 Å². The van der Waals surface area contributed by atoms with Crippen molar-refractivity contribution >= 4 is 16.9 Å². The summed E-state index contributed by atoms with van der Waals surface area (Å²) in [5.74, 6) is 2.63. The number of hydrogen-bond donors (Lipinski definition) is 1. The van der Waals surface area contributed by atoms with Crippen LogP contribution in [0.1, 0.15) is 11.1 Å². The summed E-state index contributed by atoms with van der Waals surface area (Å²) in [6.07, 6.45) is 1.85. The Kier molecular flexibility index (Phi) is 5.58. The molecule has 5 rings (SSSR count). The quantitative estimate of drug-likeness (QED) is 0.520. The van der Waals surface area contributed by atoms with Crippen LogP contribution in [0.3, 0.4) is 0 Å². The topological polar surface area (TPSA) is 62.2 Å². The molecule has 0 amide bonds. The van der Waals surface area contributed by atoms with Crippen molar-refractivity contribution in [1.29, 1.82) is 0 Å². The first kappa shape index (κ1) is 19.6. The number of piperazine rings is 1. The van der Waals surface area contributed by atoms with Crippen molar-refractivity contribution in [2.24, 2.45) is 4.99 Å². The average molecular weight is 418 g/mol. The molecule has 1 N–H and O–H groups in total. The Hall–Kier alpha value is -3.32. The van der Waals surface area contributed by atoms with Crippen molar-refractivity contribution in [1.82, 2.24) is 20.1 Å². The molecule has 1 saturated heterocycles. The zero-order chi connectivity index (χ0) is 21.0. The van der Waals surface area contributed by atoms with Gasteiger partial charge in [-0.1, -0.05) is 30.3 Å². The number of rotatable bonds is 4. The van der Waals surface area contributed by atoms with Gasteiger partial charge in [0.05, 0.1) is 5.52 Å². The summed E-state index contributed by atoms with van der Waals surface area (Å²) >= 11 is 0. The minimum Gasteiger partial charge on any atom is -0.454 e. The highest BCUT2D eigenvalue weighted by Gasteiger charge is 2.21. The summed E-state index contributed by atoms with van der Waals surface area (Å²) < 4.78 is 10.9. The van der Waals surface area contributed by atoms with E-state index in [0.717, 1.165) is 61.1 Å². The van der Waals surface area contributed by atoms with Crippen molar-refractivity contribution in [3.8, 4) is 11.5 Å². The standard InChI is InChI=1S/C24H27N5O2/c1-25-24(27-15-20-5-2-4-19-6-3-9-26-23(19)20)29-12-10-28(11-13-29)16-18-7-8-21-22(14-18)31-17-30-21/h2-9,14H,10-13,15-17H2,1H3,(H,25,27). The van der Waals surface area contributed by atoms with Gasteiger partial charge in [-0.2, -0.15) is 0 Å². The first-order valence-electron chi connectivity index (χ1n) is 10.7. The second kappa shape index (κ2) is 8.81. The average Bonchev–Trinajstić information content (AvgIpc) is 3.28. The smallest absolute Gasteiger partial charge is 0.231 e. The van der Waals surface area contributed by atoms with E-state index in [0.29, 0.717) is 13.3 Å². The summed E-state index contributed by atoms with van der Waals surface area (Å²) in [7, 11) is 1.85. The van der Waals surface area contributed by atoms with Gasteiger partial charge in [-0.15, -0.1) is 0 Å². The van der Waals surface area contributed by atoms with Gasteiger partial charge in [0.2, 0.25) is 6.79 Å². The molecule has 0 aliphatic carbocycles. The van der Waals surface area contributed by atoms with Crippen LogP contribution in [0.5, 0.6) is 11.5 Å². The first-order chi connectivity index (χ1) is 15.3. The van der Waals surface area contributed by atoms with Crippen LogP contribution in [0.15, 0.2) is 59.7 Å². The highest BCUT2D eigenvalue weighted by atomic mass is 16.7. The van der Waals surface area contributed by atoms with Gasteiger partial charge in [-0.3, -0.25) is 14.9 Å². The lowest BCUT2D eigenvalue weighted by atomic mass is 10.1. The molecule has 31 heavy (non-hydrogen) atoms. The third kappa shape index (κ3) is 4.27. The van der Waals surface area contributed by atoms with Gasteiger partial charge < -0.3 is 19.7 Å². The highest BCUT2D eigenvalue weighted by Crippen LogP contribution is 2.32. The van der Waals surface area contributed by atoms with Gasteiger partial charge in [0.1, 0.15) is 0 Å². The number of aromatic nitrogens is 1. The number of benzene rings is 2. The second-order valence-corrected chi connectivity index (χ2v) is 7.84. The SMILES string of the molecule is CN=C(NCc1cccc2cccnc12)N1CCN(Cc2ccc3c(c2)OCO3)CC1. The third-order valence-electron chi connectivity index (χ3n) is 5.88. The summed E-state index contributed by atoms with van der Waals surface area (Å²) in [4.78, 5) is 13.9. The molecule has 0 saturated carbocycles. The van der Waals surface area contributed by atoms with Crippen molar-refractivity contribution in [3.63, 3.8) is 0 Å². The third-order valence-corrected chi connectivity index (χ3v) is 5.88. The number of pyridine rings is 1. The number of guanidine groups is 1. The molecule has 0 atom stereocenters. The Morgan fingerprint density at radius 2 is 1.87 bits per heavy atom. The molecule has 160 valence electrons. The van der Waals surface area contributed by atoms with E-state index in [1.165, 1.54) is 11.1 Å².